The van der Waals surface area contributed by atoms with Gasteiger partial charge >= 0.3 is 0 Å². The third-order valence-electron chi connectivity index (χ3n) is 1.90. The Morgan fingerprint density at radius 2 is 2.07 bits per heavy atom. The van der Waals surface area contributed by atoms with E-state index in [0.717, 1.165) is 9.17 Å². The van der Waals surface area contributed by atoms with Gasteiger partial charge in [0.25, 0.3) is 6.43 Å². The van der Waals surface area contributed by atoms with Crippen LogP contribution in [0.5, 0.6) is 0 Å². The van der Waals surface area contributed by atoms with Gasteiger partial charge in [-0.25, -0.2) is 8.78 Å². The minimum absolute atomic E-state index is 0.00514. The van der Waals surface area contributed by atoms with E-state index < -0.39 is 6.43 Å². The van der Waals surface area contributed by atoms with Gasteiger partial charge in [0.2, 0.25) is 0 Å². The molecule has 0 fully saturated rings. The zero-order valence-electron chi connectivity index (χ0n) is 6.73. The molecule has 5 heteroatoms. The molecule has 74 valence electrons. The summed E-state index contributed by atoms with van der Waals surface area (Å²) < 4.78 is 26.8. The fourth-order valence-electron chi connectivity index (χ4n) is 1.29. The smallest absolute Gasteiger partial charge is 0.205 e. The molecule has 0 atom stereocenters. The Hall–Kier alpha value is -0.190. The molecule has 0 N–H and O–H groups in total. The summed E-state index contributed by atoms with van der Waals surface area (Å²) in [5.74, 6) is 0. The zero-order valence-corrected chi connectivity index (χ0v) is 9.89. The summed E-state index contributed by atoms with van der Waals surface area (Å²) in [5.41, 5.74) is -0.00514. The lowest BCUT2D eigenvalue weighted by atomic mass is 10.1. The third kappa shape index (κ3) is 1.55. The molecule has 0 amide bonds. The number of rotatable bonds is 1. The van der Waals surface area contributed by atoms with Crippen LogP contribution in [-0.4, -0.2) is 0 Å². The average Bonchev–Trinajstić information content (AvgIpc) is 2.50. The lowest BCUT2D eigenvalue weighted by Gasteiger charge is -2.03. The van der Waals surface area contributed by atoms with Crippen molar-refractivity contribution < 1.29 is 8.78 Å². The van der Waals surface area contributed by atoms with Gasteiger partial charge in [-0.2, -0.15) is 0 Å². The molecule has 2 rings (SSSR count). The zero-order chi connectivity index (χ0) is 10.3. The molecule has 0 saturated heterocycles. The van der Waals surface area contributed by atoms with Crippen LogP contribution in [0.2, 0.25) is 5.02 Å². The molecule has 0 nitrogen and oxygen atoms in total. The van der Waals surface area contributed by atoms with Gasteiger partial charge in [0.05, 0.1) is 9.72 Å². The lowest BCUT2D eigenvalue weighted by molar-refractivity contribution is 0.153. The topological polar surface area (TPSA) is 0 Å². The Bertz CT molecular complexity index is 481. The first-order chi connectivity index (χ1) is 6.61. The van der Waals surface area contributed by atoms with E-state index in [-0.39, 0.29) is 5.56 Å². The van der Waals surface area contributed by atoms with Gasteiger partial charge in [0.15, 0.2) is 0 Å². The van der Waals surface area contributed by atoms with E-state index in [1.807, 2.05) is 0 Å². The molecule has 0 saturated carbocycles. The summed E-state index contributed by atoms with van der Waals surface area (Å²) in [5, 5.41) is 2.52. The first-order valence-electron chi connectivity index (χ1n) is 3.74. The molecule has 0 spiro atoms. The highest BCUT2D eigenvalue weighted by Crippen LogP contribution is 2.40. The van der Waals surface area contributed by atoms with Crippen molar-refractivity contribution in [2.24, 2.45) is 0 Å². The van der Waals surface area contributed by atoms with Crippen LogP contribution in [0.1, 0.15) is 12.0 Å². The highest BCUT2D eigenvalue weighted by atomic mass is 79.9. The van der Waals surface area contributed by atoms with Gasteiger partial charge in [-0.1, -0.05) is 17.7 Å². The van der Waals surface area contributed by atoms with Crippen LogP contribution in [0.25, 0.3) is 10.1 Å². The van der Waals surface area contributed by atoms with Crippen LogP contribution in [0.15, 0.2) is 22.0 Å². The Morgan fingerprint density at radius 1 is 1.36 bits per heavy atom. The van der Waals surface area contributed by atoms with E-state index in [1.165, 1.54) is 17.4 Å². The van der Waals surface area contributed by atoms with Crippen molar-refractivity contribution >= 4 is 49.0 Å². The van der Waals surface area contributed by atoms with E-state index in [0.29, 0.717) is 10.4 Å². The number of alkyl halides is 2. The summed E-state index contributed by atoms with van der Waals surface area (Å²) in [6.07, 6.45) is -2.49. The normalized spacial score (nSPS) is 11.5. The highest BCUT2D eigenvalue weighted by Gasteiger charge is 2.16. The first-order valence-corrected chi connectivity index (χ1v) is 5.79. The van der Waals surface area contributed by atoms with Gasteiger partial charge < -0.3 is 0 Å². The van der Waals surface area contributed by atoms with E-state index in [1.54, 1.807) is 11.4 Å². The third-order valence-corrected chi connectivity index (χ3v) is 4.26. The fraction of sp³-hybridized carbons (Fsp3) is 0.111. The Balaban J connectivity index is 2.85. The fourth-order valence-corrected chi connectivity index (χ4v) is 3.15. The summed E-state index contributed by atoms with van der Waals surface area (Å²) in [6, 6.07) is 3.02. The maximum Gasteiger partial charge on any atom is 0.264 e. The average molecular weight is 298 g/mol. The maximum absolute atomic E-state index is 12.6. The number of fused-ring (bicyclic) bond motifs is 1. The molecule has 1 heterocycles. The molecule has 0 bridgehead atoms. The van der Waals surface area contributed by atoms with Crippen LogP contribution in [0.3, 0.4) is 0 Å². The monoisotopic (exact) mass is 296 g/mol. The van der Waals surface area contributed by atoms with Crippen molar-refractivity contribution in [3.8, 4) is 0 Å². The van der Waals surface area contributed by atoms with E-state index >= 15 is 0 Å². The molecule has 0 unspecified atom stereocenters. The number of thiophene rings is 1. The van der Waals surface area contributed by atoms with E-state index in [9.17, 15) is 8.78 Å². The molecule has 0 radical (unpaired) electrons. The van der Waals surface area contributed by atoms with Crippen LogP contribution < -0.4 is 0 Å². The minimum atomic E-state index is -2.49. The predicted molar refractivity (Wildman–Crippen MR) is 59.5 cm³/mol. The molecule has 0 aliphatic carbocycles. The quantitative estimate of drug-likeness (QED) is 0.674. The molecular formula is C9H4BrClF2S. The molecule has 0 aliphatic rings. The van der Waals surface area contributed by atoms with Crippen molar-refractivity contribution in [2.75, 3.05) is 0 Å². The van der Waals surface area contributed by atoms with Crippen molar-refractivity contribution in [1.82, 2.24) is 0 Å². The van der Waals surface area contributed by atoms with Crippen molar-refractivity contribution in [1.29, 1.82) is 0 Å². The molecule has 1 aromatic heterocycles. The van der Waals surface area contributed by atoms with Gasteiger partial charge in [-0.15, -0.1) is 11.3 Å². The minimum Gasteiger partial charge on any atom is -0.205 e. The Labute approximate surface area is 96.6 Å². The van der Waals surface area contributed by atoms with Crippen molar-refractivity contribution in [3.05, 3.63) is 32.6 Å². The second kappa shape index (κ2) is 3.76. The predicted octanol–water partition coefficient (Wildman–Crippen LogP) is 5.25. The largest absolute Gasteiger partial charge is 0.264 e. The second-order valence-corrected chi connectivity index (χ2v) is 4.87. The Morgan fingerprint density at radius 3 is 2.71 bits per heavy atom. The molecule has 2 aromatic rings. The second-order valence-electron chi connectivity index (χ2n) is 2.73. The maximum atomic E-state index is 12.6. The van der Waals surface area contributed by atoms with Gasteiger partial charge in [-0.3, -0.25) is 0 Å². The van der Waals surface area contributed by atoms with Crippen LogP contribution in [-0.2, 0) is 0 Å². The van der Waals surface area contributed by atoms with Crippen molar-refractivity contribution in [3.63, 3.8) is 0 Å². The molecule has 14 heavy (non-hydrogen) atoms. The summed E-state index contributed by atoms with van der Waals surface area (Å²) in [6.45, 7) is 0. The number of benzene rings is 1. The van der Waals surface area contributed by atoms with E-state index in [4.69, 9.17) is 11.6 Å². The number of hydrogen-bond acceptors (Lipinski definition) is 1. The van der Waals surface area contributed by atoms with E-state index in [2.05, 4.69) is 15.9 Å². The standard InChI is InChI=1S/C9H4BrClF2S/c10-5-2-1-4(9(12)13)7-6(11)3-14-8(5)7/h1-3,9H. The summed E-state index contributed by atoms with van der Waals surface area (Å²) in [7, 11) is 0. The number of halogens is 4. The van der Waals surface area contributed by atoms with Crippen LogP contribution >= 0.6 is 38.9 Å². The summed E-state index contributed by atoms with van der Waals surface area (Å²) >= 11 is 10.5. The molecule has 1 aromatic carbocycles. The molecular weight excluding hydrogens is 294 g/mol. The lowest BCUT2D eigenvalue weighted by Crippen LogP contribution is -1.85. The highest BCUT2D eigenvalue weighted by molar-refractivity contribution is 9.10. The van der Waals surface area contributed by atoms with Gasteiger partial charge in [0, 0.05) is 20.8 Å². The van der Waals surface area contributed by atoms with Crippen LogP contribution in [0.4, 0.5) is 8.78 Å². The van der Waals surface area contributed by atoms with Crippen molar-refractivity contribution in [2.45, 2.75) is 6.43 Å². The molecule has 0 aliphatic heterocycles. The van der Waals surface area contributed by atoms with Gasteiger partial charge in [0.1, 0.15) is 0 Å². The Kier molecular flexibility index (Phi) is 2.77. The van der Waals surface area contributed by atoms with Gasteiger partial charge in [-0.05, 0) is 22.0 Å². The number of hydrogen-bond donors (Lipinski definition) is 0. The van der Waals surface area contributed by atoms with Crippen LogP contribution in [0, 0.1) is 0 Å². The first kappa shape index (κ1) is 10.3. The summed E-state index contributed by atoms with van der Waals surface area (Å²) in [4.78, 5) is 0. The SMILES string of the molecule is FC(F)c1ccc(Br)c2scc(Cl)c12.